The third-order valence-electron chi connectivity index (χ3n) is 4.01. The van der Waals surface area contributed by atoms with Crippen LogP contribution in [0, 0.1) is 0 Å². The Labute approximate surface area is 167 Å². The Morgan fingerprint density at radius 2 is 1.64 bits per heavy atom. The van der Waals surface area contributed by atoms with E-state index >= 15 is 0 Å². The van der Waals surface area contributed by atoms with Gasteiger partial charge in [-0.1, -0.05) is 13.8 Å². The minimum atomic E-state index is -3.56. The van der Waals surface area contributed by atoms with Gasteiger partial charge in [-0.05, 0) is 70.9 Å². The van der Waals surface area contributed by atoms with Gasteiger partial charge in [0.05, 0.1) is 10.4 Å². The highest BCUT2D eigenvalue weighted by molar-refractivity contribution is 7.89. The van der Waals surface area contributed by atoms with Crippen LogP contribution in [0.4, 0.5) is 5.69 Å². The molecule has 0 aliphatic heterocycles. The summed E-state index contributed by atoms with van der Waals surface area (Å²) in [4.78, 5) is 12.8. The minimum Gasteiger partial charge on any atom is -0.321 e. The fourth-order valence-corrected chi connectivity index (χ4v) is 4.00. The molecule has 0 aliphatic carbocycles. The molecule has 2 rings (SSSR count). The Bertz CT molecular complexity index is 937. The van der Waals surface area contributed by atoms with Gasteiger partial charge < -0.3 is 5.32 Å². The van der Waals surface area contributed by atoms with Gasteiger partial charge in [-0.3, -0.25) is 9.48 Å². The summed E-state index contributed by atoms with van der Waals surface area (Å²) in [5.74, 6) is -0.105. The van der Waals surface area contributed by atoms with Crippen LogP contribution in [0.2, 0.25) is 0 Å². The van der Waals surface area contributed by atoms with E-state index in [1.54, 1.807) is 32.0 Å². The third-order valence-corrected chi connectivity index (χ3v) is 5.68. The summed E-state index contributed by atoms with van der Waals surface area (Å²) >= 11 is 0. The number of anilines is 1. The summed E-state index contributed by atoms with van der Waals surface area (Å²) in [5.41, 5.74) is 1.58. The first-order valence-electron chi connectivity index (χ1n) is 9.35. The van der Waals surface area contributed by atoms with Crippen LogP contribution in [0.5, 0.6) is 0 Å². The number of nitrogens with one attached hydrogen (secondary N) is 2. The van der Waals surface area contributed by atoms with Crippen molar-refractivity contribution in [2.75, 3.05) is 5.32 Å². The van der Waals surface area contributed by atoms with Gasteiger partial charge in [-0.2, -0.15) is 5.10 Å². The first-order valence-corrected chi connectivity index (χ1v) is 10.8. The van der Waals surface area contributed by atoms with E-state index < -0.39 is 10.0 Å². The average molecular weight is 407 g/mol. The molecule has 1 aromatic carbocycles. The summed E-state index contributed by atoms with van der Waals surface area (Å²) in [7, 11) is -3.56. The van der Waals surface area contributed by atoms with Crippen LogP contribution in [0.15, 0.2) is 35.2 Å². The van der Waals surface area contributed by atoms with E-state index in [-0.39, 0.29) is 28.3 Å². The van der Waals surface area contributed by atoms with Gasteiger partial charge in [0.1, 0.15) is 0 Å². The summed E-state index contributed by atoms with van der Waals surface area (Å²) in [5, 5.41) is 7.27. The van der Waals surface area contributed by atoms with Crippen molar-refractivity contribution >= 4 is 21.6 Å². The molecule has 0 fully saturated rings. The summed E-state index contributed by atoms with van der Waals surface area (Å²) in [6.07, 6.45) is 0. The normalized spacial score (nSPS) is 12.6. The molecule has 0 saturated heterocycles. The van der Waals surface area contributed by atoms with Crippen molar-refractivity contribution in [1.29, 1.82) is 0 Å². The van der Waals surface area contributed by atoms with E-state index in [1.807, 2.05) is 25.5 Å². The van der Waals surface area contributed by atoms with E-state index in [0.717, 1.165) is 5.69 Å². The van der Waals surface area contributed by atoms with Gasteiger partial charge in [0.15, 0.2) is 5.69 Å². The zero-order chi connectivity index (χ0) is 21.3. The zero-order valence-electron chi connectivity index (χ0n) is 17.6. The van der Waals surface area contributed by atoms with E-state index in [2.05, 4.69) is 29.0 Å². The number of carbonyl (C=O) groups is 1. The number of hydrogen-bond acceptors (Lipinski definition) is 4. The molecule has 8 heteroatoms. The van der Waals surface area contributed by atoms with Crippen molar-refractivity contribution in [2.24, 2.45) is 0 Å². The molecule has 154 valence electrons. The lowest BCUT2D eigenvalue weighted by atomic mass is 10.1. The van der Waals surface area contributed by atoms with Gasteiger partial charge in [0, 0.05) is 17.4 Å². The quantitative estimate of drug-likeness (QED) is 0.765. The van der Waals surface area contributed by atoms with Crippen LogP contribution in [-0.4, -0.2) is 30.1 Å². The lowest BCUT2D eigenvalue weighted by Crippen LogP contribution is -2.30. The van der Waals surface area contributed by atoms with Gasteiger partial charge in [-0.15, -0.1) is 0 Å². The Morgan fingerprint density at radius 3 is 2.07 bits per heavy atom. The third kappa shape index (κ3) is 5.20. The maximum absolute atomic E-state index is 12.6. The molecule has 7 nitrogen and oxygen atoms in total. The number of carbonyl (C=O) groups excluding carboxylic acids is 1. The minimum absolute atomic E-state index is 0.151. The van der Waals surface area contributed by atoms with Crippen LogP contribution in [0.3, 0.4) is 0 Å². The second-order valence-electron chi connectivity index (χ2n) is 8.45. The molecular weight excluding hydrogens is 376 g/mol. The largest absolute Gasteiger partial charge is 0.321 e. The van der Waals surface area contributed by atoms with E-state index in [0.29, 0.717) is 11.4 Å². The molecule has 1 aromatic heterocycles. The molecule has 0 radical (unpaired) electrons. The molecule has 1 amide bonds. The van der Waals surface area contributed by atoms with Crippen LogP contribution < -0.4 is 10.0 Å². The van der Waals surface area contributed by atoms with Crippen molar-refractivity contribution in [3.05, 3.63) is 41.7 Å². The molecule has 0 spiro atoms. The summed E-state index contributed by atoms with van der Waals surface area (Å²) < 4.78 is 28.8. The van der Waals surface area contributed by atoms with Gasteiger partial charge >= 0.3 is 0 Å². The zero-order valence-corrected chi connectivity index (χ0v) is 18.4. The Morgan fingerprint density at radius 1 is 1.07 bits per heavy atom. The molecule has 2 aromatic rings. The molecule has 0 atom stereocenters. The summed E-state index contributed by atoms with van der Waals surface area (Å²) in [6.45, 7) is 13.8. The van der Waals surface area contributed by atoms with Crippen LogP contribution >= 0.6 is 0 Å². The molecule has 0 saturated carbocycles. The summed E-state index contributed by atoms with van der Waals surface area (Å²) in [6, 6.07) is 7.67. The number of rotatable bonds is 6. The van der Waals surface area contributed by atoms with Crippen molar-refractivity contribution in [1.82, 2.24) is 14.5 Å². The predicted octanol–water partition coefficient (Wildman–Crippen LogP) is 3.70. The topological polar surface area (TPSA) is 93.1 Å². The number of benzene rings is 1. The van der Waals surface area contributed by atoms with Crippen LogP contribution in [0.25, 0.3) is 0 Å². The predicted molar refractivity (Wildman–Crippen MR) is 111 cm³/mol. The fourth-order valence-electron chi connectivity index (χ4n) is 2.75. The lowest BCUT2D eigenvalue weighted by Gasteiger charge is -2.23. The smallest absolute Gasteiger partial charge is 0.276 e. The van der Waals surface area contributed by atoms with Crippen molar-refractivity contribution < 1.29 is 13.2 Å². The number of sulfonamides is 1. The molecule has 2 N–H and O–H groups in total. The number of amides is 1. The fraction of sp³-hybridized carbons (Fsp3) is 0.500. The van der Waals surface area contributed by atoms with Crippen molar-refractivity contribution in [3.8, 4) is 0 Å². The highest BCUT2D eigenvalue weighted by atomic mass is 32.2. The number of nitrogens with zero attached hydrogens (tertiary/aromatic N) is 2. The van der Waals surface area contributed by atoms with E-state index in [1.165, 1.54) is 12.1 Å². The number of hydrogen-bond donors (Lipinski definition) is 2. The Hall–Kier alpha value is -2.19. The average Bonchev–Trinajstić information content (AvgIpc) is 3.00. The molecular formula is C20H30N4O3S. The second-order valence-corrected chi connectivity index (χ2v) is 10.2. The van der Waals surface area contributed by atoms with Gasteiger partial charge in [0.2, 0.25) is 10.0 Å². The lowest BCUT2D eigenvalue weighted by molar-refractivity contribution is 0.102. The second kappa shape index (κ2) is 8.05. The molecule has 1 heterocycles. The molecule has 28 heavy (non-hydrogen) atoms. The van der Waals surface area contributed by atoms with Crippen LogP contribution in [-0.2, 0) is 15.6 Å². The Kier molecular flexibility index (Phi) is 6.35. The highest BCUT2D eigenvalue weighted by Gasteiger charge is 2.23. The number of aromatic nitrogens is 2. The maximum atomic E-state index is 12.6. The Balaban J connectivity index is 2.22. The van der Waals surface area contributed by atoms with Crippen molar-refractivity contribution in [2.45, 2.75) is 70.9 Å². The molecule has 0 unspecified atom stereocenters. The highest BCUT2D eigenvalue weighted by Crippen LogP contribution is 2.24. The monoisotopic (exact) mass is 406 g/mol. The molecule has 0 aliphatic rings. The standard InChI is InChI=1S/C20H30N4O3S/c1-13(2)18-12-17(22-24(18)20(5,6)7)19(25)21-15-8-10-16(11-9-15)28(26,27)23-14(3)4/h8-14,23H,1-7H3,(H,21,25). The van der Waals surface area contributed by atoms with Gasteiger partial charge in [-0.25, -0.2) is 13.1 Å². The SMILES string of the molecule is CC(C)NS(=O)(=O)c1ccc(NC(=O)c2cc(C(C)C)n(C(C)(C)C)n2)cc1. The maximum Gasteiger partial charge on any atom is 0.276 e. The first-order chi connectivity index (χ1) is 12.8. The van der Waals surface area contributed by atoms with Gasteiger partial charge in [0.25, 0.3) is 5.91 Å². The first kappa shape index (κ1) is 22.1. The van der Waals surface area contributed by atoms with E-state index in [4.69, 9.17) is 0 Å². The molecule has 0 bridgehead atoms. The van der Waals surface area contributed by atoms with Crippen molar-refractivity contribution in [3.63, 3.8) is 0 Å². The van der Waals surface area contributed by atoms with E-state index in [9.17, 15) is 13.2 Å². The van der Waals surface area contributed by atoms with Crippen LogP contribution in [0.1, 0.15) is 70.6 Å².